The maximum absolute atomic E-state index is 12.3. The second-order valence-electron chi connectivity index (χ2n) is 6.23. The summed E-state index contributed by atoms with van der Waals surface area (Å²) < 4.78 is 5.18. The minimum Gasteiger partial charge on any atom is -0.497 e. The minimum atomic E-state index is -0.803. The summed E-state index contributed by atoms with van der Waals surface area (Å²) >= 11 is 0. The Kier molecular flexibility index (Phi) is 4.04. The first-order valence-electron chi connectivity index (χ1n) is 7.07. The Labute approximate surface area is 120 Å². The molecule has 4 nitrogen and oxygen atoms in total. The molecule has 1 saturated heterocycles. The van der Waals surface area contributed by atoms with E-state index in [2.05, 4.69) is 19.1 Å². The summed E-state index contributed by atoms with van der Waals surface area (Å²) in [4.78, 5) is 14.2. The van der Waals surface area contributed by atoms with Gasteiger partial charge in [0.2, 0.25) is 5.91 Å². The van der Waals surface area contributed by atoms with Gasteiger partial charge in [0, 0.05) is 18.5 Å². The van der Waals surface area contributed by atoms with Crippen LogP contribution >= 0.6 is 0 Å². The molecule has 0 unspecified atom stereocenters. The first-order chi connectivity index (χ1) is 9.32. The number of likely N-dealkylation sites (tertiary alicyclic amines) is 1. The lowest BCUT2D eigenvalue weighted by Crippen LogP contribution is -2.52. The van der Waals surface area contributed by atoms with E-state index in [4.69, 9.17) is 10.5 Å². The lowest BCUT2D eigenvalue weighted by molar-refractivity contribution is -0.136. The van der Waals surface area contributed by atoms with Gasteiger partial charge in [-0.2, -0.15) is 0 Å². The Balaban J connectivity index is 2.11. The highest BCUT2D eigenvalue weighted by Crippen LogP contribution is 2.33. The normalized spacial score (nSPS) is 22.9. The van der Waals surface area contributed by atoms with Crippen LogP contribution in [0.2, 0.25) is 0 Å². The van der Waals surface area contributed by atoms with Gasteiger partial charge >= 0.3 is 0 Å². The van der Waals surface area contributed by atoms with Crippen molar-refractivity contribution in [3.05, 3.63) is 29.8 Å². The predicted molar refractivity (Wildman–Crippen MR) is 79.8 cm³/mol. The Morgan fingerprint density at radius 3 is 2.45 bits per heavy atom. The second-order valence-corrected chi connectivity index (χ2v) is 6.23. The molecule has 0 spiro atoms. The molecule has 0 bridgehead atoms. The summed E-state index contributed by atoms with van der Waals surface area (Å²) in [6.45, 7) is 6.37. The number of methoxy groups -OCH3 is 1. The monoisotopic (exact) mass is 276 g/mol. The first-order valence-corrected chi connectivity index (χ1v) is 7.07. The van der Waals surface area contributed by atoms with Crippen LogP contribution in [0.3, 0.4) is 0 Å². The molecule has 4 heteroatoms. The van der Waals surface area contributed by atoms with Gasteiger partial charge in [0.05, 0.1) is 12.6 Å². The van der Waals surface area contributed by atoms with Gasteiger partial charge < -0.3 is 15.4 Å². The quantitative estimate of drug-likeness (QED) is 0.920. The fraction of sp³-hybridized carbons (Fsp3) is 0.562. The van der Waals surface area contributed by atoms with Crippen LogP contribution in [0.1, 0.15) is 38.7 Å². The number of hydrogen-bond donors (Lipinski definition) is 1. The Bertz CT molecular complexity index is 476. The SMILES string of the molecule is COc1ccc([C@H]2C[C@@H](C)N(C(=O)C(C)(C)N)C2)cc1. The Morgan fingerprint density at radius 1 is 1.35 bits per heavy atom. The number of amides is 1. The zero-order valence-electron chi connectivity index (χ0n) is 12.7. The molecule has 0 aromatic heterocycles. The molecule has 20 heavy (non-hydrogen) atoms. The maximum Gasteiger partial charge on any atom is 0.242 e. The molecule has 1 aliphatic heterocycles. The van der Waals surface area contributed by atoms with E-state index in [0.717, 1.165) is 18.7 Å². The number of hydrogen-bond acceptors (Lipinski definition) is 3. The molecular weight excluding hydrogens is 252 g/mol. The van der Waals surface area contributed by atoms with Crippen molar-refractivity contribution in [1.82, 2.24) is 4.90 Å². The molecule has 1 aliphatic rings. The van der Waals surface area contributed by atoms with Crippen molar-refractivity contribution in [2.24, 2.45) is 5.73 Å². The highest BCUT2D eigenvalue weighted by atomic mass is 16.5. The highest BCUT2D eigenvalue weighted by Gasteiger charge is 2.37. The zero-order chi connectivity index (χ0) is 14.9. The molecule has 1 heterocycles. The summed E-state index contributed by atoms with van der Waals surface area (Å²) in [6, 6.07) is 8.34. The van der Waals surface area contributed by atoms with Gasteiger partial charge in [-0.25, -0.2) is 0 Å². The van der Waals surface area contributed by atoms with Crippen molar-refractivity contribution < 1.29 is 9.53 Å². The lowest BCUT2D eigenvalue weighted by Gasteiger charge is -2.29. The number of nitrogens with two attached hydrogens (primary N) is 1. The van der Waals surface area contributed by atoms with Crippen LogP contribution in [-0.2, 0) is 4.79 Å². The minimum absolute atomic E-state index is 0.0287. The van der Waals surface area contributed by atoms with E-state index in [1.807, 2.05) is 17.0 Å². The van der Waals surface area contributed by atoms with E-state index in [-0.39, 0.29) is 11.9 Å². The van der Waals surface area contributed by atoms with Crippen molar-refractivity contribution >= 4 is 5.91 Å². The number of carbonyl (C=O) groups is 1. The molecular formula is C16H24N2O2. The predicted octanol–water partition coefficient (Wildman–Crippen LogP) is 2.14. The molecule has 1 aromatic rings. The van der Waals surface area contributed by atoms with E-state index in [1.165, 1.54) is 5.56 Å². The number of benzene rings is 1. The number of carbonyl (C=O) groups excluding carboxylic acids is 1. The average Bonchev–Trinajstić information content (AvgIpc) is 2.79. The van der Waals surface area contributed by atoms with Crippen molar-refractivity contribution in [3.8, 4) is 5.75 Å². The van der Waals surface area contributed by atoms with Gasteiger partial charge in [0.1, 0.15) is 5.75 Å². The zero-order valence-corrected chi connectivity index (χ0v) is 12.7. The smallest absolute Gasteiger partial charge is 0.242 e. The Hall–Kier alpha value is -1.55. The molecule has 2 rings (SSSR count). The van der Waals surface area contributed by atoms with E-state index < -0.39 is 5.54 Å². The standard InChI is InChI=1S/C16H24N2O2/c1-11-9-13(10-18(11)15(19)16(2,3)17)12-5-7-14(20-4)8-6-12/h5-8,11,13H,9-10,17H2,1-4H3/t11-,13+/m1/s1. The van der Waals surface area contributed by atoms with Crippen LogP contribution in [0, 0.1) is 0 Å². The summed E-state index contributed by atoms with van der Waals surface area (Å²) in [5, 5.41) is 0. The molecule has 1 amide bonds. The second kappa shape index (κ2) is 5.44. The largest absolute Gasteiger partial charge is 0.497 e. The molecule has 110 valence electrons. The molecule has 1 fully saturated rings. The van der Waals surface area contributed by atoms with Gasteiger partial charge in [-0.3, -0.25) is 4.79 Å². The Morgan fingerprint density at radius 2 is 1.95 bits per heavy atom. The van der Waals surface area contributed by atoms with Crippen LogP contribution < -0.4 is 10.5 Å². The fourth-order valence-corrected chi connectivity index (χ4v) is 2.80. The van der Waals surface area contributed by atoms with E-state index in [1.54, 1.807) is 21.0 Å². The van der Waals surface area contributed by atoms with Gasteiger partial charge in [0.25, 0.3) is 0 Å². The molecule has 0 saturated carbocycles. The third-order valence-corrected chi connectivity index (χ3v) is 3.97. The molecule has 0 aliphatic carbocycles. The first kappa shape index (κ1) is 14.9. The van der Waals surface area contributed by atoms with Crippen molar-refractivity contribution in [2.45, 2.75) is 44.7 Å². The number of rotatable bonds is 3. The molecule has 2 atom stereocenters. The van der Waals surface area contributed by atoms with E-state index in [0.29, 0.717) is 5.92 Å². The average molecular weight is 276 g/mol. The number of ether oxygens (including phenoxy) is 1. The highest BCUT2D eigenvalue weighted by molar-refractivity contribution is 5.85. The summed E-state index contributed by atoms with van der Waals surface area (Å²) in [5.74, 6) is 1.26. The number of nitrogens with zero attached hydrogens (tertiary/aromatic N) is 1. The van der Waals surface area contributed by atoms with Crippen LogP contribution in [0.15, 0.2) is 24.3 Å². The van der Waals surface area contributed by atoms with Crippen LogP contribution in [0.25, 0.3) is 0 Å². The third-order valence-electron chi connectivity index (χ3n) is 3.97. The van der Waals surface area contributed by atoms with Gasteiger partial charge in [-0.05, 0) is 44.9 Å². The lowest BCUT2D eigenvalue weighted by atomic mass is 9.97. The van der Waals surface area contributed by atoms with Crippen LogP contribution in [0.4, 0.5) is 0 Å². The summed E-state index contributed by atoms with van der Waals surface area (Å²) in [5.41, 5.74) is 6.39. The van der Waals surface area contributed by atoms with Gasteiger partial charge in [0.15, 0.2) is 0 Å². The topological polar surface area (TPSA) is 55.6 Å². The summed E-state index contributed by atoms with van der Waals surface area (Å²) in [7, 11) is 1.66. The van der Waals surface area contributed by atoms with Gasteiger partial charge in [-0.15, -0.1) is 0 Å². The third kappa shape index (κ3) is 2.96. The molecule has 1 aromatic carbocycles. The van der Waals surface area contributed by atoms with Gasteiger partial charge in [-0.1, -0.05) is 12.1 Å². The van der Waals surface area contributed by atoms with E-state index >= 15 is 0 Å². The van der Waals surface area contributed by atoms with Crippen LogP contribution in [-0.4, -0.2) is 36.0 Å². The van der Waals surface area contributed by atoms with Crippen molar-refractivity contribution in [3.63, 3.8) is 0 Å². The maximum atomic E-state index is 12.3. The molecule has 0 radical (unpaired) electrons. The van der Waals surface area contributed by atoms with E-state index in [9.17, 15) is 4.79 Å². The van der Waals surface area contributed by atoms with Crippen molar-refractivity contribution in [2.75, 3.05) is 13.7 Å². The fourth-order valence-electron chi connectivity index (χ4n) is 2.80. The van der Waals surface area contributed by atoms with Crippen LogP contribution in [0.5, 0.6) is 5.75 Å². The van der Waals surface area contributed by atoms with Crippen molar-refractivity contribution in [1.29, 1.82) is 0 Å². The summed E-state index contributed by atoms with van der Waals surface area (Å²) in [6.07, 6.45) is 0.980. The molecule has 2 N–H and O–H groups in total.